The molecule has 0 radical (unpaired) electrons. The predicted molar refractivity (Wildman–Crippen MR) is 135 cm³/mol. The number of benzene rings is 1. The molecule has 10 heteroatoms. The molecule has 188 valence electrons. The maximum absolute atomic E-state index is 13.9. The Morgan fingerprint density at radius 2 is 2.19 bits per heavy atom. The van der Waals surface area contributed by atoms with Crippen molar-refractivity contribution in [1.29, 1.82) is 0 Å². The van der Waals surface area contributed by atoms with Gasteiger partial charge in [-0.25, -0.2) is 4.79 Å². The van der Waals surface area contributed by atoms with Gasteiger partial charge in [0.2, 0.25) is 5.82 Å². The maximum Gasteiger partial charge on any atom is 0.328 e. The fourth-order valence-corrected chi connectivity index (χ4v) is 5.56. The van der Waals surface area contributed by atoms with Crippen molar-refractivity contribution in [3.05, 3.63) is 64.5 Å². The first-order chi connectivity index (χ1) is 17.5. The van der Waals surface area contributed by atoms with E-state index in [1.165, 1.54) is 0 Å². The van der Waals surface area contributed by atoms with Crippen LogP contribution in [0.4, 0.5) is 0 Å². The SMILES string of the molecule is CCCCc1cn(C2CCCC2C(=O)O)c(=O)n1CC1(c2cccc(-c3nn[nH]n3)c2)C=CN=CC1. The van der Waals surface area contributed by atoms with Crippen LogP contribution >= 0.6 is 0 Å². The second-order valence-electron chi connectivity index (χ2n) is 9.77. The summed E-state index contributed by atoms with van der Waals surface area (Å²) in [5.41, 5.74) is 2.17. The second-order valence-corrected chi connectivity index (χ2v) is 9.77. The lowest BCUT2D eigenvalue weighted by atomic mass is 9.76. The number of aryl methyl sites for hydroxylation is 1. The minimum atomic E-state index is -0.826. The zero-order valence-electron chi connectivity index (χ0n) is 20.4. The summed E-state index contributed by atoms with van der Waals surface area (Å²) in [7, 11) is 0. The fraction of sp³-hybridized carbons (Fsp3) is 0.462. The third kappa shape index (κ3) is 4.43. The van der Waals surface area contributed by atoms with E-state index in [2.05, 4.69) is 44.7 Å². The van der Waals surface area contributed by atoms with Crippen molar-refractivity contribution in [2.24, 2.45) is 10.9 Å². The van der Waals surface area contributed by atoms with Gasteiger partial charge in [0.1, 0.15) is 0 Å². The van der Waals surface area contributed by atoms with Gasteiger partial charge in [-0.2, -0.15) is 5.21 Å². The van der Waals surface area contributed by atoms with Crippen molar-refractivity contribution >= 4 is 12.2 Å². The molecule has 1 aliphatic heterocycles. The molecule has 2 N–H and O–H groups in total. The van der Waals surface area contributed by atoms with Crippen LogP contribution in [0.1, 0.15) is 62.7 Å². The van der Waals surface area contributed by atoms with Gasteiger partial charge in [-0.15, -0.1) is 10.2 Å². The number of aliphatic carboxylic acids is 1. The van der Waals surface area contributed by atoms with E-state index in [1.807, 2.05) is 35.2 Å². The number of aliphatic imine (C=N–C) groups is 1. The Hall–Kier alpha value is -3.82. The lowest BCUT2D eigenvalue weighted by molar-refractivity contribution is -0.142. The third-order valence-corrected chi connectivity index (χ3v) is 7.55. The number of nitrogens with one attached hydrogen (secondary N) is 1. The van der Waals surface area contributed by atoms with E-state index in [-0.39, 0.29) is 11.7 Å². The van der Waals surface area contributed by atoms with Crippen molar-refractivity contribution < 1.29 is 9.90 Å². The van der Waals surface area contributed by atoms with Gasteiger partial charge in [-0.05, 0) is 48.9 Å². The number of carbonyl (C=O) groups is 1. The quantitative estimate of drug-likeness (QED) is 0.473. The van der Waals surface area contributed by atoms with Gasteiger partial charge < -0.3 is 5.11 Å². The minimum absolute atomic E-state index is 0.135. The maximum atomic E-state index is 13.9. The van der Waals surface area contributed by atoms with Crippen LogP contribution in [0.25, 0.3) is 11.4 Å². The number of unbranched alkanes of at least 4 members (excludes halogenated alkanes) is 1. The van der Waals surface area contributed by atoms with Gasteiger partial charge in [0.25, 0.3) is 0 Å². The Bertz CT molecular complexity index is 1340. The number of tetrazole rings is 1. The molecule has 1 aliphatic carbocycles. The van der Waals surface area contributed by atoms with Crippen molar-refractivity contribution in [3.63, 3.8) is 0 Å². The Morgan fingerprint density at radius 1 is 1.31 bits per heavy atom. The molecule has 3 aromatic rings. The summed E-state index contributed by atoms with van der Waals surface area (Å²) in [6.07, 6.45) is 13.1. The highest BCUT2D eigenvalue weighted by Gasteiger charge is 2.37. The Balaban J connectivity index is 1.57. The summed E-state index contributed by atoms with van der Waals surface area (Å²) in [4.78, 5) is 30.0. The van der Waals surface area contributed by atoms with Crippen LogP contribution in [-0.4, -0.2) is 47.0 Å². The molecule has 0 spiro atoms. The normalized spacial score (nSPS) is 23.4. The molecule has 0 bridgehead atoms. The van der Waals surface area contributed by atoms with Gasteiger partial charge in [-0.3, -0.25) is 18.9 Å². The van der Waals surface area contributed by atoms with Crippen LogP contribution < -0.4 is 5.69 Å². The van der Waals surface area contributed by atoms with Crippen molar-refractivity contribution in [3.8, 4) is 11.4 Å². The molecule has 5 rings (SSSR count). The molecule has 2 aromatic heterocycles. The molecule has 0 amide bonds. The largest absolute Gasteiger partial charge is 0.481 e. The average molecular weight is 490 g/mol. The van der Waals surface area contributed by atoms with Crippen LogP contribution in [0.3, 0.4) is 0 Å². The summed E-state index contributed by atoms with van der Waals surface area (Å²) in [6.45, 7) is 2.56. The average Bonchev–Trinajstić information content (AvgIpc) is 3.65. The van der Waals surface area contributed by atoms with Crippen molar-refractivity contribution in [1.82, 2.24) is 29.8 Å². The van der Waals surface area contributed by atoms with Crippen LogP contribution in [0.2, 0.25) is 0 Å². The molecule has 1 fully saturated rings. The first-order valence-electron chi connectivity index (χ1n) is 12.6. The van der Waals surface area contributed by atoms with E-state index < -0.39 is 17.3 Å². The number of imidazole rings is 1. The van der Waals surface area contributed by atoms with Crippen LogP contribution in [0.15, 0.2) is 52.5 Å². The number of allylic oxidation sites excluding steroid dienone is 1. The van der Waals surface area contributed by atoms with E-state index in [0.29, 0.717) is 31.6 Å². The molecular weight excluding hydrogens is 458 g/mol. The highest BCUT2D eigenvalue weighted by atomic mass is 16.4. The molecule has 1 aromatic carbocycles. The van der Waals surface area contributed by atoms with Gasteiger partial charge in [0.15, 0.2) is 0 Å². The van der Waals surface area contributed by atoms with Crippen molar-refractivity contribution in [2.75, 3.05) is 0 Å². The number of hydrogen-bond acceptors (Lipinski definition) is 6. The highest BCUT2D eigenvalue weighted by molar-refractivity contribution is 5.71. The number of nitrogens with zero attached hydrogens (tertiary/aromatic N) is 6. The summed E-state index contributed by atoms with van der Waals surface area (Å²) in [6, 6.07) is 7.68. The molecule has 36 heavy (non-hydrogen) atoms. The molecular formula is C26H31N7O3. The Labute approximate surface area is 208 Å². The lowest BCUT2D eigenvalue weighted by Crippen LogP contribution is -2.38. The van der Waals surface area contributed by atoms with Gasteiger partial charge >= 0.3 is 11.7 Å². The van der Waals surface area contributed by atoms with Crippen molar-refractivity contribution in [2.45, 2.75) is 69.9 Å². The zero-order chi connectivity index (χ0) is 25.1. The number of rotatable bonds is 9. The molecule has 3 atom stereocenters. The van der Waals surface area contributed by atoms with E-state index >= 15 is 0 Å². The standard InChI is InChI=1S/C26H31N7O3/c1-2-3-8-20-16-32(22-10-5-9-21(22)24(34)35)25(36)33(20)17-26(11-13-27-14-12-26)19-7-4-6-18(15-19)23-28-30-31-29-23/h4,6-7,11,13-16,21-22H,2-3,5,8-10,12,17H2,1H3,(H,34,35)(H,28,29,30,31). The van der Waals surface area contributed by atoms with Crippen LogP contribution in [-0.2, 0) is 23.2 Å². The highest BCUT2D eigenvalue weighted by Crippen LogP contribution is 2.37. The second kappa shape index (κ2) is 10.0. The topological polar surface area (TPSA) is 131 Å². The first kappa shape index (κ1) is 23.9. The molecule has 2 aliphatic rings. The zero-order valence-corrected chi connectivity index (χ0v) is 20.4. The van der Waals surface area contributed by atoms with Gasteiger partial charge in [-0.1, -0.05) is 44.0 Å². The summed E-state index contributed by atoms with van der Waals surface area (Å²) >= 11 is 0. The summed E-state index contributed by atoms with van der Waals surface area (Å²) in [5, 5.41) is 24.1. The van der Waals surface area contributed by atoms with Gasteiger partial charge in [0, 0.05) is 41.8 Å². The molecule has 0 saturated heterocycles. The minimum Gasteiger partial charge on any atom is -0.481 e. The fourth-order valence-electron chi connectivity index (χ4n) is 5.56. The van der Waals surface area contributed by atoms with E-state index in [1.54, 1.807) is 10.8 Å². The Kier molecular flexibility index (Phi) is 6.67. The summed E-state index contributed by atoms with van der Waals surface area (Å²) < 4.78 is 3.55. The van der Waals surface area contributed by atoms with E-state index in [9.17, 15) is 14.7 Å². The predicted octanol–water partition coefficient (Wildman–Crippen LogP) is 3.52. The number of H-pyrrole nitrogens is 1. The first-order valence-corrected chi connectivity index (χ1v) is 12.6. The number of aromatic nitrogens is 6. The number of hydrogen-bond donors (Lipinski definition) is 2. The molecule has 10 nitrogen and oxygen atoms in total. The van der Waals surface area contributed by atoms with E-state index in [0.717, 1.165) is 42.5 Å². The molecule has 1 saturated carbocycles. The number of carboxylic acids is 1. The van der Waals surface area contributed by atoms with Gasteiger partial charge in [0.05, 0.1) is 12.0 Å². The summed E-state index contributed by atoms with van der Waals surface area (Å²) in [5.74, 6) is -0.846. The smallest absolute Gasteiger partial charge is 0.328 e. The monoisotopic (exact) mass is 489 g/mol. The van der Waals surface area contributed by atoms with E-state index in [4.69, 9.17) is 0 Å². The van der Waals surface area contributed by atoms with Crippen LogP contribution in [0, 0.1) is 5.92 Å². The number of carboxylic acid groups (broad SMARTS) is 1. The van der Waals surface area contributed by atoms with Crippen LogP contribution in [0.5, 0.6) is 0 Å². The molecule has 3 heterocycles. The lowest BCUT2D eigenvalue weighted by Gasteiger charge is -2.32. The third-order valence-electron chi connectivity index (χ3n) is 7.55. The number of aromatic amines is 1. The Morgan fingerprint density at radius 3 is 2.92 bits per heavy atom. The molecule has 3 unspecified atom stereocenters.